The molecule has 1 saturated carbocycles. The Morgan fingerprint density at radius 3 is 2.76 bits per heavy atom. The summed E-state index contributed by atoms with van der Waals surface area (Å²) in [6, 6.07) is 14.2. The highest BCUT2D eigenvalue weighted by molar-refractivity contribution is 5.43. The van der Waals surface area contributed by atoms with Crippen LogP contribution in [-0.2, 0) is 16.6 Å². The van der Waals surface area contributed by atoms with E-state index >= 15 is 0 Å². The summed E-state index contributed by atoms with van der Waals surface area (Å²) in [5.74, 6) is 0. The topological polar surface area (TPSA) is 57.6 Å². The Balaban J connectivity index is 1.20. The first-order chi connectivity index (χ1) is 17.9. The second kappa shape index (κ2) is 10.1. The largest absolute Gasteiger partial charge is 0.389 e. The number of rotatable bonds is 7. The van der Waals surface area contributed by atoms with Gasteiger partial charge in [-0.15, -0.1) is 0 Å². The lowest BCUT2D eigenvalue weighted by atomic mass is 9.68. The van der Waals surface area contributed by atoms with Crippen LogP contribution in [0, 0.1) is 0 Å². The molecule has 2 fully saturated rings. The first kappa shape index (κ1) is 25.5. The van der Waals surface area contributed by atoms with Gasteiger partial charge in [-0.2, -0.15) is 0 Å². The maximum Gasteiger partial charge on any atom is 0.0718 e. The number of aromatic nitrogens is 1. The highest BCUT2D eigenvalue weighted by Crippen LogP contribution is 2.50. The van der Waals surface area contributed by atoms with Gasteiger partial charge in [-0.1, -0.05) is 37.1 Å². The SMILES string of the molecule is CC(C)(O)CN1CCc2cccc3c2C1CCC3NCC[C@@]1(c2ccccn2)CCOC2(CCCC2)C1. The molecule has 1 aromatic carbocycles. The maximum absolute atomic E-state index is 10.5. The van der Waals surface area contributed by atoms with Crippen molar-refractivity contribution >= 4 is 0 Å². The predicted molar refractivity (Wildman–Crippen MR) is 148 cm³/mol. The van der Waals surface area contributed by atoms with Gasteiger partial charge < -0.3 is 15.2 Å². The van der Waals surface area contributed by atoms with Gasteiger partial charge in [0.1, 0.15) is 0 Å². The fraction of sp³-hybridized carbons (Fsp3) is 0.656. The van der Waals surface area contributed by atoms with Crippen LogP contribution in [0.3, 0.4) is 0 Å². The molecule has 2 aliphatic heterocycles. The molecule has 6 rings (SSSR count). The molecule has 5 nitrogen and oxygen atoms in total. The van der Waals surface area contributed by atoms with Crippen molar-refractivity contribution in [3.8, 4) is 0 Å². The van der Waals surface area contributed by atoms with Crippen LogP contribution in [0.5, 0.6) is 0 Å². The standard InChI is InChI=1S/C32H45N3O2/c1-30(2,36)23-35-20-13-24-8-7-9-25-26(11-12-27(35)29(24)25)33-19-16-31(28-10-3-6-18-34-28)17-21-37-32(22-31)14-4-5-15-32/h3,6-10,18,26-27,33,36H,4-5,11-17,19-23H2,1-2H3/t26?,27?,31-/m1/s1. The van der Waals surface area contributed by atoms with Crippen molar-refractivity contribution < 1.29 is 9.84 Å². The summed E-state index contributed by atoms with van der Waals surface area (Å²) >= 11 is 0. The van der Waals surface area contributed by atoms with Crippen LogP contribution in [0.1, 0.15) is 106 Å². The fourth-order valence-corrected chi connectivity index (χ4v) is 8.15. The number of pyridine rings is 1. The molecule has 3 atom stereocenters. The summed E-state index contributed by atoms with van der Waals surface area (Å²) in [5.41, 5.74) is 5.29. The van der Waals surface area contributed by atoms with Gasteiger partial charge >= 0.3 is 0 Å². The van der Waals surface area contributed by atoms with Crippen molar-refractivity contribution in [1.29, 1.82) is 0 Å². The molecule has 2 unspecified atom stereocenters. The molecule has 4 aliphatic rings. The van der Waals surface area contributed by atoms with Crippen LogP contribution < -0.4 is 5.32 Å². The Hall–Kier alpha value is -1.79. The number of hydrogen-bond donors (Lipinski definition) is 2. The average molecular weight is 504 g/mol. The van der Waals surface area contributed by atoms with Gasteiger partial charge in [-0.3, -0.25) is 9.88 Å². The number of hydrogen-bond acceptors (Lipinski definition) is 5. The maximum atomic E-state index is 10.5. The van der Waals surface area contributed by atoms with E-state index < -0.39 is 5.60 Å². The van der Waals surface area contributed by atoms with Gasteiger partial charge in [-0.25, -0.2) is 0 Å². The molecule has 3 heterocycles. The van der Waals surface area contributed by atoms with E-state index in [-0.39, 0.29) is 11.0 Å². The van der Waals surface area contributed by atoms with E-state index in [1.165, 1.54) is 48.1 Å². The van der Waals surface area contributed by atoms with E-state index in [4.69, 9.17) is 9.72 Å². The van der Waals surface area contributed by atoms with Gasteiger partial charge in [0, 0.05) is 49.1 Å². The third-order valence-electron chi connectivity index (χ3n) is 9.73. The van der Waals surface area contributed by atoms with Gasteiger partial charge in [-0.05, 0) is 101 Å². The molecular weight excluding hydrogens is 458 g/mol. The van der Waals surface area contributed by atoms with Gasteiger partial charge in [0.05, 0.1) is 11.2 Å². The lowest BCUT2D eigenvalue weighted by Crippen LogP contribution is -2.48. The molecule has 2 aliphatic carbocycles. The minimum absolute atomic E-state index is 0.0658. The lowest BCUT2D eigenvalue weighted by Gasteiger charge is -2.47. The summed E-state index contributed by atoms with van der Waals surface area (Å²) in [4.78, 5) is 7.43. The Morgan fingerprint density at radius 1 is 1.11 bits per heavy atom. The number of nitrogens with zero attached hydrogens (tertiary/aromatic N) is 2. The van der Waals surface area contributed by atoms with E-state index in [1.54, 1.807) is 0 Å². The van der Waals surface area contributed by atoms with Crippen LogP contribution in [0.15, 0.2) is 42.6 Å². The number of benzene rings is 1. The number of nitrogens with one attached hydrogen (secondary N) is 1. The summed E-state index contributed by atoms with van der Waals surface area (Å²) in [5, 5.41) is 14.6. The minimum Gasteiger partial charge on any atom is -0.389 e. The average Bonchev–Trinajstić information content (AvgIpc) is 3.33. The third-order valence-corrected chi connectivity index (χ3v) is 9.73. The molecule has 1 saturated heterocycles. The summed E-state index contributed by atoms with van der Waals surface area (Å²) in [6.45, 7) is 7.50. The van der Waals surface area contributed by atoms with E-state index in [2.05, 4.69) is 40.5 Å². The van der Waals surface area contributed by atoms with Crippen molar-refractivity contribution in [1.82, 2.24) is 15.2 Å². The van der Waals surface area contributed by atoms with Crippen molar-refractivity contribution in [2.45, 2.75) is 107 Å². The normalized spacial score (nSPS) is 29.4. The molecule has 2 N–H and O–H groups in total. The van der Waals surface area contributed by atoms with E-state index in [9.17, 15) is 5.11 Å². The van der Waals surface area contributed by atoms with E-state index in [1.807, 2.05) is 26.1 Å². The molecule has 37 heavy (non-hydrogen) atoms. The monoisotopic (exact) mass is 503 g/mol. The molecule has 0 bridgehead atoms. The highest BCUT2D eigenvalue weighted by Gasteiger charge is 2.48. The number of β-amino-alcohol motifs (C(OH)–C–C–N with tert-alkyl or cyclic N) is 1. The molecule has 5 heteroatoms. The Bertz CT molecular complexity index is 1080. The molecule has 1 spiro atoms. The molecular formula is C32H45N3O2. The van der Waals surface area contributed by atoms with Gasteiger partial charge in [0.2, 0.25) is 0 Å². The molecule has 0 radical (unpaired) electrons. The third kappa shape index (κ3) is 5.13. The Morgan fingerprint density at radius 2 is 1.97 bits per heavy atom. The smallest absolute Gasteiger partial charge is 0.0718 e. The fourth-order valence-electron chi connectivity index (χ4n) is 8.15. The first-order valence-electron chi connectivity index (χ1n) is 14.7. The van der Waals surface area contributed by atoms with Crippen molar-refractivity contribution in [2.75, 3.05) is 26.2 Å². The zero-order valence-electron chi connectivity index (χ0n) is 22.8. The highest BCUT2D eigenvalue weighted by atomic mass is 16.5. The van der Waals surface area contributed by atoms with Crippen LogP contribution in [0.2, 0.25) is 0 Å². The van der Waals surface area contributed by atoms with Crippen molar-refractivity contribution in [3.05, 3.63) is 65.0 Å². The van der Waals surface area contributed by atoms with Crippen molar-refractivity contribution in [3.63, 3.8) is 0 Å². The quantitative estimate of drug-likeness (QED) is 0.513. The van der Waals surface area contributed by atoms with E-state index in [0.717, 1.165) is 64.8 Å². The zero-order chi connectivity index (χ0) is 25.5. The van der Waals surface area contributed by atoms with E-state index in [0.29, 0.717) is 12.1 Å². The summed E-state index contributed by atoms with van der Waals surface area (Å²) < 4.78 is 6.46. The zero-order valence-corrected chi connectivity index (χ0v) is 22.8. The molecule has 2 aromatic rings. The van der Waals surface area contributed by atoms with Crippen LogP contribution in [-0.4, -0.2) is 52.4 Å². The summed E-state index contributed by atoms with van der Waals surface area (Å²) in [6.07, 6.45) is 13.6. The van der Waals surface area contributed by atoms with Crippen LogP contribution in [0.4, 0.5) is 0 Å². The number of aliphatic hydroxyl groups is 1. The molecule has 200 valence electrons. The molecule has 1 aromatic heterocycles. The Labute approximate surface area is 223 Å². The van der Waals surface area contributed by atoms with Gasteiger partial charge in [0.25, 0.3) is 0 Å². The minimum atomic E-state index is -0.665. The predicted octanol–water partition coefficient (Wildman–Crippen LogP) is 5.63. The van der Waals surface area contributed by atoms with Crippen molar-refractivity contribution in [2.24, 2.45) is 0 Å². The van der Waals surface area contributed by atoms with Crippen LogP contribution in [0.25, 0.3) is 0 Å². The first-order valence-corrected chi connectivity index (χ1v) is 14.7. The van der Waals surface area contributed by atoms with Gasteiger partial charge in [0.15, 0.2) is 0 Å². The molecule has 0 amide bonds. The second-order valence-corrected chi connectivity index (χ2v) is 13.0. The summed E-state index contributed by atoms with van der Waals surface area (Å²) in [7, 11) is 0. The number of ether oxygens (including phenoxy) is 1. The Kier molecular flexibility index (Phi) is 6.94. The van der Waals surface area contributed by atoms with Crippen LogP contribution >= 0.6 is 0 Å². The second-order valence-electron chi connectivity index (χ2n) is 13.0. The lowest BCUT2D eigenvalue weighted by molar-refractivity contribution is -0.104.